The number of fused-ring (bicyclic) bond motifs is 1. The van der Waals surface area contributed by atoms with Crippen molar-refractivity contribution in [3.8, 4) is 11.6 Å². The number of methoxy groups -OCH3 is 2. The Hall–Kier alpha value is -3.02. The van der Waals surface area contributed by atoms with E-state index in [9.17, 15) is 4.79 Å². The number of anilines is 1. The fourth-order valence-corrected chi connectivity index (χ4v) is 2.48. The Balaban J connectivity index is 1.92. The first-order valence-corrected chi connectivity index (χ1v) is 7.55. The van der Waals surface area contributed by atoms with E-state index >= 15 is 0 Å². The van der Waals surface area contributed by atoms with Gasteiger partial charge in [-0.25, -0.2) is 4.98 Å². The highest BCUT2D eigenvalue weighted by Crippen LogP contribution is 2.26. The molecule has 1 aromatic carbocycles. The molecule has 6 heteroatoms. The lowest BCUT2D eigenvalue weighted by Crippen LogP contribution is -2.30. The molecule has 24 heavy (non-hydrogen) atoms. The zero-order valence-electron chi connectivity index (χ0n) is 13.8. The molecular weight excluding hydrogens is 308 g/mol. The summed E-state index contributed by atoms with van der Waals surface area (Å²) in [6, 6.07) is 10.6. The smallest absolute Gasteiger partial charge is 0.294 e. The molecule has 0 saturated carbocycles. The van der Waals surface area contributed by atoms with Crippen LogP contribution in [0.15, 0.2) is 47.0 Å². The van der Waals surface area contributed by atoms with Crippen LogP contribution >= 0.6 is 0 Å². The van der Waals surface area contributed by atoms with E-state index in [0.29, 0.717) is 29.4 Å². The van der Waals surface area contributed by atoms with Gasteiger partial charge in [-0.05, 0) is 37.3 Å². The number of nitrogens with zero attached hydrogens (tertiary/aromatic N) is 2. The number of aromatic nitrogens is 1. The van der Waals surface area contributed by atoms with Gasteiger partial charge in [0, 0.05) is 18.0 Å². The molecule has 0 spiro atoms. The van der Waals surface area contributed by atoms with E-state index in [1.54, 1.807) is 55.6 Å². The average Bonchev–Trinajstić information content (AvgIpc) is 3.06. The average molecular weight is 326 g/mol. The first-order valence-electron chi connectivity index (χ1n) is 7.55. The van der Waals surface area contributed by atoms with E-state index in [-0.39, 0.29) is 11.7 Å². The molecular formula is C18H18N2O4. The predicted molar refractivity (Wildman–Crippen MR) is 90.9 cm³/mol. The van der Waals surface area contributed by atoms with Crippen LogP contribution in [0.25, 0.3) is 11.0 Å². The summed E-state index contributed by atoms with van der Waals surface area (Å²) in [6.45, 7) is 2.39. The maximum Gasteiger partial charge on any atom is 0.294 e. The lowest BCUT2D eigenvalue weighted by molar-refractivity contribution is 0.0963. The van der Waals surface area contributed by atoms with Gasteiger partial charge in [-0.15, -0.1) is 0 Å². The lowest BCUT2D eigenvalue weighted by atomic mass is 10.2. The molecule has 6 nitrogen and oxygen atoms in total. The van der Waals surface area contributed by atoms with Crippen LogP contribution in [0.4, 0.5) is 5.69 Å². The summed E-state index contributed by atoms with van der Waals surface area (Å²) in [5.74, 6) is 1.27. The molecule has 0 radical (unpaired) electrons. The van der Waals surface area contributed by atoms with Crippen molar-refractivity contribution >= 4 is 22.6 Å². The summed E-state index contributed by atoms with van der Waals surface area (Å²) >= 11 is 0. The Kier molecular flexibility index (Phi) is 4.37. The quantitative estimate of drug-likeness (QED) is 0.718. The number of hydrogen-bond donors (Lipinski definition) is 0. The van der Waals surface area contributed by atoms with Gasteiger partial charge < -0.3 is 18.8 Å². The second kappa shape index (κ2) is 6.62. The number of amides is 1. The SMILES string of the molecule is CCN(C(=O)c1cc2cc(OC)ccc2o1)c1ccc(OC)nc1. The van der Waals surface area contributed by atoms with E-state index in [4.69, 9.17) is 13.9 Å². The molecule has 0 fully saturated rings. The van der Waals surface area contributed by atoms with Gasteiger partial charge in [0.2, 0.25) is 5.88 Å². The van der Waals surface area contributed by atoms with Crippen LogP contribution in [-0.2, 0) is 0 Å². The Morgan fingerprint density at radius 3 is 2.62 bits per heavy atom. The summed E-state index contributed by atoms with van der Waals surface area (Å²) in [4.78, 5) is 18.5. The number of carbonyl (C=O) groups is 1. The zero-order valence-corrected chi connectivity index (χ0v) is 13.8. The van der Waals surface area contributed by atoms with Crippen LogP contribution in [0, 0.1) is 0 Å². The summed E-state index contributed by atoms with van der Waals surface area (Å²) in [7, 11) is 3.15. The Labute approximate surface area is 139 Å². The van der Waals surface area contributed by atoms with Gasteiger partial charge in [-0.1, -0.05) is 0 Å². The number of furan rings is 1. The highest BCUT2D eigenvalue weighted by Gasteiger charge is 2.20. The van der Waals surface area contributed by atoms with Gasteiger partial charge in [0.25, 0.3) is 5.91 Å². The zero-order chi connectivity index (χ0) is 17.1. The third-order valence-electron chi connectivity index (χ3n) is 3.74. The van der Waals surface area contributed by atoms with E-state index in [1.807, 2.05) is 13.0 Å². The van der Waals surface area contributed by atoms with Crippen molar-refractivity contribution in [2.24, 2.45) is 0 Å². The molecule has 124 valence electrons. The highest BCUT2D eigenvalue weighted by molar-refractivity contribution is 6.06. The fraction of sp³-hybridized carbons (Fsp3) is 0.222. The van der Waals surface area contributed by atoms with Crippen molar-refractivity contribution in [3.05, 3.63) is 48.4 Å². The topological polar surface area (TPSA) is 64.8 Å². The minimum atomic E-state index is -0.223. The number of pyridine rings is 1. The van der Waals surface area contributed by atoms with Crippen LogP contribution in [-0.4, -0.2) is 31.7 Å². The summed E-state index contributed by atoms with van der Waals surface area (Å²) in [6.07, 6.45) is 1.60. The lowest BCUT2D eigenvalue weighted by Gasteiger charge is -2.19. The second-order valence-electron chi connectivity index (χ2n) is 5.12. The number of ether oxygens (including phenoxy) is 2. The minimum absolute atomic E-state index is 0.223. The molecule has 2 aromatic heterocycles. The Morgan fingerprint density at radius 1 is 1.17 bits per heavy atom. The monoisotopic (exact) mass is 326 g/mol. The number of hydrogen-bond acceptors (Lipinski definition) is 5. The molecule has 0 aliphatic rings. The predicted octanol–water partition coefficient (Wildman–Crippen LogP) is 3.51. The fourth-order valence-electron chi connectivity index (χ4n) is 2.48. The van der Waals surface area contributed by atoms with Crippen molar-refractivity contribution in [1.82, 2.24) is 4.98 Å². The van der Waals surface area contributed by atoms with Crippen molar-refractivity contribution in [2.75, 3.05) is 25.7 Å². The van der Waals surface area contributed by atoms with E-state index in [0.717, 1.165) is 5.39 Å². The molecule has 0 aliphatic carbocycles. The van der Waals surface area contributed by atoms with Crippen LogP contribution in [0.1, 0.15) is 17.5 Å². The largest absolute Gasteiger partial charge is 0.497 e. The Bertz CT molecular complexity index is 855. The van der Waals surface area contributed by atoms with E-state index < -0.39 is 0 Å². The number of carbonyl (C=O) groups excluding carboxylic acids is 1. The molecule has 0 bridgehead atoms. The number of rotatable bonds is 5. The Morgan fingerprint density at radius 2 is 2.00 bits per heavy atom. The van der Waals surface area contributed by atoms with Crippen molar-refractivity contribution in [2.45, 2.75) is 6.92 Å². The summed E-state index contributed by atoms with van der Waals surface area (Å²) in [5.41, 5.74) is 1.32. The highest BCUT2D eigenvalue weighted by atomic mass is 16.5. The standard InChI is InChI=1S/C18H18N2O4/c1-4-20(13-5-8-17(23-3)19-11-13)18(21)16-10-12-9-14(22-2)6-7-15(12)24-16/h5-11H,4H2,1-3H3. The van der Waals surface area contributed by atoms with Crippen LogP contribution in [0.2, 0.25) is 0 Å². The van der Waals surface area contributed by atoms with Gasteiger partial charge in [0.1, 0.15) is 11.3 Å². The molecule has 3 aromatic rings. The minimum Gasteiger partial charge on any atom is -0.497 e. The maximum absolute atomic E-state index is 12.8. The molecule has 2 heterocycles. The van der Waals surface area contributed by atoms with Gasteiger partial charge in [-0.3, -0.25) is 4.79 Å². The van der Waals surface area contributed by atoms with Crippen molar-refractivity contribution < 1.29 is 18.7 Å². The normalized spacial score (nSPS) is 10.6. The third-order valence-corrected chi connectivity index (χ3v) is 3.74. The van der Waals surface area contributed by atoms with E-state index in [2.05, 4.69) is 4.98 Å². The first kappa shape index (κ1) is 15.9. The number of benzene rings is 1. The van der Waals surface area contributed by atoms with Gasteiger partial charge in [0.05, 0.1) is 26.1 Å². The molecule has 3 rings (SSSR count). The molecule has 0 saturated heterocycles. The summed E-state index contributed by atoms with van der Waals surface area (Å²) in [5, 5.41) is 0.821. The maximum atomic E-state index is 12.8. The van der Waals surface area contributed by atoms with E-state index in [1.165, 1.54) is 0 Å². The van der Waals surface area contributed by atoms with Crippen molar-refractivity contribution in [1.29, 1.82) is 0 Å². The first-order chi connectivity index (χ1) is 11.7. The second-order valence-corrected chi connectivity index (χ2v) is 5.12. The molecule has 0 aliphatic heterocycles. The summed E-state index contributed by atoms with van der Waals surface area (Å²) < 4.78 is 15.9. The van der Waals surface area contributed by atoms with Crippen LogP contribution in [0.3, 0.4) is 0 Å². The van der Waals surface area contributed by atoms with Crippen LogP contribution < -0.4 is 14.4 Å². The van der Waals surface area contributed by atoms with Crippen molar-refractivity contribution in [3.63, 3.8) is 0 Å². The van der Waals surface area contributed by atoms with Gasteiger partial charge in [-0.2, -0.15) is 0 Å². The van der Waals surface area contributed by atoms with Gasteiger partial charge in [0.15, 0.2) is 5.76 Å². The van der Waals surface area contributed by atoms with Crippen LogP contribution in [0.5, 0.6) is 11.6 Å². The molecule has 1 amide bonds. The molecule has 0 unspecified atom stereocenters. The third kappa shape index (κ3) is 2.90. The molecule has 0 atom stereocenters. The van der Waals surface area contributed by atoms with Gasteiger partial charge >= 0.3 is 0 Å². The molecule has 0 N–H and O–H groups in total.